The highest BCUT2D eigenvalue weighted by Gasteiger charge is 2.71. The van der Waals surface area contributed by atoms with Gasteiger partial charge in [0.05, 0.1) is 12.1 Å². The number of halogens is 4. The molecule has 2 aliphatic carbocycles. The van der Waals surface area contributed by atoms with Gasteiger partial charge in [0.15, 0.2) is 11.6 Å². The number of piperidine rings is 2. The molecule has 0 aromatic heterocycles. The molecule has 6 N–H and O–H groups in total. The molecule has 4 heterocycles. The zero-order valence-corrected chi connectivity index (χ0v) is 49.9. The quantitative estimate of drug-likeness (QED) is 0.0997. The van der Waals surface area contributed by atoms with Gasteiger partial charge in [0, 0.05) is 45.1 Å². The van der Waals surface area contributed by atoms with E-state index in [0.29, 0.717) is 38.2 Å². The smallest absolute Gasteiger partial charge is 0.471 e. The average molecular weight is 1200 g/mol. The molecule has 0 radical (unpaired) electrons. The number of carbonyl (C=O) groups excluding carboxylic acids is 9. The van der Waals surface area contributed by atoms with Gasteiger partial charge in [0.25, 0.3) is 0 Å². The Morgan fingerprint density at radius 3 is 1.46 bits per heavy atom. The van der Waals surface area contributed by atoms with Crippen LogP contribution >= 0.6 is 0 Å². The van der Waals surface area contributed by atoms with E-state index in [4.69, 9.17) is 9.47 Å². The zero-order chi connectivity index (χ0) is 63.1. The zero-order valence-electron chi connectivity index (χ0n) is 49.9. The summed E-state index contributed by atoms with van der Waals surface area (Å²) in [6.45, 7) is 18.4. The third-order valence-corrected chi connectivity index (χ3v) is 18.0. The van der Waals surface area contributed by atoms with Gasteiger partial charge in [-0.1, -0.05) is 87.4 Å². The number of alkyl halides is 3. The van der Waals surface area contributed by atoms with E-state index in [2.05, 4.69) is 21.3 Å². The fourth-order valence-corrected chi connectivity index (χ4v) is 13.0. The summed E-state index contributed by atoms with van der Waals surface area (Å²) in [7, 11) is 1.34. The van der Waals surface area contributed by atoms with E-state index in [1.807, 2.05) is 33.0 Å². The first kappa shape index (κ1) is 65.2. The number of hydrogen-bond acceptors (Lipinski definition) is 12. The number of carboxylic acid groups (broad SMARTS) is 1. The predicted octanol–water partition coefficient (Wildman–Crippen LogP) is 4.51. The predicted molar refractivity (Wildman–Crippen MR) is 298 cm³/mol. The van der Waals surface area contributed by atoms with Crippen molar-refractivity contribution in [3.8, 4) is 11.5 Å². The normalized spacial score (nSPS) is 25.6. The molecule has 4 saturated heterocycles. The Kier molecular flexibility index (Phi) is 19.1. The number of fused-ring (bicyclic) bond motifs is 2. The molecule has 8 rings (SSSR count). The Hall–Kier alpha value is -7.34. The molecule has 466 valence electrons. The Balaban J connectivity index is 0.000000244. The van der Waals surface area contributed by atoms with Gasteiger partial charge in [0.1, 0.15) is 54.7 Å². The topological polar surface area (TPSA) is 279 Å². The number of Topliss-reactive ketones (excluding diaryl/α,β-unsaturated/α-hetero) is 2. The lowest BCUT2D eigenvalue weighted by Gasteiger charge is -2.40. The minimum absolute atomic E-state index is 0.0268. The molecular formula is C60H80F4N8O13. The van der Waals surface area contributed by atoms with Crippen molar-refractivity contribution in [3.05, 3.63) is 60.4 Å². The van der Waals surface area contributed by atoms with Crippen LogP contribution < -0.4 is 36.1 Å². The number of likely N-dealkylation sites (tertiary alicyclic amines) is 2. The number of nitrogens with zero attached hydrogens (tertiary/aromatic N) is 3. The van der Waals surface area contributed by atoms with E-state index in [-0.39, 0.29) is 78.1 Å². The van der Waals surface area contributed by atoms with Crippen molar-refractivity contribution in [2.75, 3.05) is 46.4 Å². The molecule has 12 atom stereocenters. The van der Waals surface area contributed by atoms with Crippen LogP contribution in [-0.2, 0) is 43.2 Å². The average Bonchev–Trinajstić information content (AvgIpc) is 1.56. The van der Waals surface area contributed by atoms with Crippen molar-refractivity contribution in [3.63, 3.8) is 0 Å². The van der Waals surface area contributed by atoms with Crippen molar-refractivity contribution in [2.24, 2.45) is 57.2 Å². The summed E-state index contributed by atoms with van der Waals surface area (Å²) in [6, 6.07) is 7.04. The van der Waals surface area contributed by atoms with Gasteiger partial charge in [-0.3, -0.25) is 48.1 Å². The van der Waals surface area contributed by atoms with Gasteiger partial charge in [-0.2, -0.15) is 13.2 Å². The van der Waals surface area contributed by atoms with E-state index in [9.17, 15) is 70.6 Å². The number of hydrogen-bond donors (Lipinski definition) is 6. The van der Waals surface area contributed by atoms with Crippen LogP contribution in [0.2, 0.25) is 0 Å². The fraction of sp³-hybridized carbons (Fsp3) is 0.633. The number of nitrogens with one attached hydrogen (secondary N) is 5. The second-order valence-corrected chi connectivity index (χ2v) is 26.6. The van der Waals surface area contributed by atoms with Crippen LogP contribution in [-0.4, -0.2) is 168 Å². The second-order valence-electron chi connectivity index (χ2n) is 26.6. The number of amides is 8. The first-order valence-corrected chi connectivity index (χ1v) is 28.7. The highest BCUT2D eigenvalue weighted by atomic mass is 19.4. The highest BCUT2D eigenvalue weighted by Crippen LogP contribution is 2.66. The van der Waals surface area contributed by atoms with Gasteiger partial charge in [-0.25, -0.2) is 9.18 Å². The minimum atomic E-state index is -5.20. The number of rotatable bonds is 20. The van der Waals surface area contributed by atoms with Gasteiger partial charge in [-0.05, 0) is 107 Å². The van der Waals surface area contributed by atoms with Crippen molar-refractivity contribution < 1.29 is 80.1 Å². The number of carbonyl (C=O) groups is 10. The van der Waals surface area contributed by atoms with Gasteiger partial charge < -0.3 is 51.0 Å². The molecule has 2 aromatic carbocycles. The number of para-hydroxylation sites is 1. The van der Waals surface area contributed by atoms with E-state index >= 15 is 0 Å². The lowest BCUT2D eigenvalue weighted by molar-refractivity contribution is -0.176. The van der Waals surface area contributed by atoms with Crippen molar-refractivity contribution >= 4 is 59.0 Å². The molecule has 25 heteroatoms. The molecule has 85 heavy (non-hydrogen) atoms. The summed E-state index contributed by atoms with van der Waals surface area (Å²) in [5, 5.41) is 22.6. The summed E-state index contributed by atoms with van der Waals surface area (Å²) in [5.41, 5.74) is -2.40. The van der Waals surface area contributed by atoms with Crippen molar-refractivity contribution in [1.29, 1.82) is 0 Å². The van der Waals surface area contributed by atoms with Gasteiger partial charge in [0.2, 0.25) is 35.4 Å². The number of ketones is 2. The molecule has 2 aromatic rings. The number of likely N-dealkylation sites (N-methyl/N-ethyl adjacent to an activating group) is 1. The lowest BCUT2D eigenvalue weighted by Crippen LogP contribution is -2.61. The monoisotopic (exact) mass is 1200 g/mol. The Morgan fingerprint density at radius 2 is 1.08 bits per heavy atom. The van der Waals surface area contributed by atoms with Gasteiger partial charge in [-0.15, -0.1) is 0 Å². The summed E-state index contributed by atoms with van der Waals surface area (Å²) in [6.07, 6.45) is -5.37. The molecule has 2 saturated carbocycles. The van der Waals surface area contributed by atoms with Crippen LogP contribution in [0.4, 0.5) is 22.4 Å². The summed E-state index contributed by atoms with van der Waals surface area (Å²) in [5.74, 6) is -7.29. The molecule has 8 amide bonds. The third kappa shape index (κ3) is 14.7. The standard InChI is InChI=1S/C30H39F3N4O6.C30H41FN4O7/c1-28(2,3)23(36-27(42)30(31,32)33)26(41)37-14-18-21(29(18,4)5)22(37)25(40)35-19(13-16-11-12-34-24(16)39)20(38)15-43-17-9-7-6-8-10-17;1-29(2,3)24(34(6)28(40)41)27(39)35-14-19-22(30(19,4)5)23(35)26(38)33-20(13-16-11-12-32-25(16)37)21(36)15-42-18-9-7-17(31)8-10-18/h6-10,16,18-19,21-23H,11-15H2,1-5H3,(H,34,39)(H,35,40)(H,36,42);7-10,16,19-20,22-24H,11-15H2,1-6H3,(H,32,37)(H,33,38)(H,40,41)/t16-,18-,19-,21-,22-,23+;16-,19-,20-,22-,23-,24+/m00/s1. The largest absolute Gasteiger partial charge is 0.486 e. The Bertz CT molecular complexity index is 2890. The molecule has 0 spiro atoms. The molecule has 0 bridgehead atoms. The highest BCUT2D eigenvalue weighted by molar-refractivity contribution is 5.98. The number of benzene rings is 2. The first-order valence-electron chi connectivity index (χ1n) is 28.7. The molecule has 4 aliphatic heterocycles. The van der Waals surface area contributed by atoms with Crippen LogP contribution in [0.5, 0.6) is 11.5 Å². The third-order valence-electron chi connectivity index (χ3n) is 18.0. The van der Waals surface area contributed by atoms with E-state index in [0.717, 1.165) is 4.90 Å². The van der Waals surface area contributed by atoms with Crippen LogP contribution in [0, 0.1) is 63.0 Å². The SMILES string of the molecule is CC(C)(C)[C@H](NC(=O)C(F)(F)F)C(=O)N1C[C@H]2[C@@H]([C@H]1C(=O)N[C@@H](C[C@@H]1CCNC1=O)C(=O)COc1ccccc1)C2(C)C.CN(C(=O)O)[C@H](C(=O)N1C[C@H]2[C@@H]([C@H]1C(=O)N[C@@H](C[C@@H]1CCNC1=O)C(=O)COc1ccc(F)cc1)C2(C)C)C(C)(C)C. The van der Waals surface area contributed by atoms with Crippen molar-refractivity contribution in [2.45, 2.75) is 137 Å². The molecule has 6 fully saturated rings. The fourth-order valence-electron chi connectivity index (χ4n) is 13.0. The summed E-state index contributed by atoms with van der Waals surface area (Å²) >= 11 is 0. The maximum atomic E-state index is 14.0. The molecular weight excluding hydrogens is 1120 g/mol. The summed E-state index contributed by atoms with van der Waals surface area (Å²) in [4.78, 5) is 134. The van der Waals surface area contributed by atoms with Gasteiger partial charge >= 0.3 is 18.2 Å². The maximum absolute atomic E-state index is 14.0. The molecule has 21 nitrogen and oxygen atoms in total. The Labute approximate surface area is 491 Å². The number of ether oxygens (including phenoxy) is 2. The van der Waals surface area contributed by atoms with E-state index < -0.39 is 125 Å². The molecule has 6 aliphatic rings. The maximum Gasteiger partial charge on any atom is 0.471 e. The van der Waals surface area contributed by atoms with Crippen LogP contribution in [0.1, 0.15) is 94.9 Å². The van der Waals surface area contributed by atoms with Crippen LogP contribution in [0.25, 0.3) is 0 Å². The first-order chi connectivity index (χ1) is 39.5. The lowest BCUT2D eigenvalue weighted by atomic mass is 9.84. The minimum Gasteiger partial charge on any atom is -0.486 e. The second kappa shape index (κ2) is 24.9. The van der Waals surface area contributed by atoms with E-state index in [1.54, 1.807) is 51.1 Å². The summed E-state index contributed by atoms with van der Waals surface area (Å²) < 4.78 is 63.8. The van der Waals surface area contributed by atoms with Crippen LogP contribution in [0.15, 0.2) is 54.6 Å². The van der Waals surface area contributed by atoms with Crippen molar-refractivity contribution in [1.82, 2.24) is 41.3 Å². The Morgan fingerprint density at radius 1 is 0.659 bits per heavy atom. The molecule has 0 unspecified atom stereocenters. The van der Waals surface area contributed by atoms with Crippen LogP contribution in [0.3, 0.4) is 0 Å². The van der Waals surface area contributed by atoms with E-state index in [1.165, 1.54) is 61.9 Å².